The standard InChI is InChI=1S/C21H24FN3OS/c22-19-9-5-4-8-18(19)21-25(14-15-27-21)20(26)16-23-10-12-24(13-11-23)17-6-2-1-3-7-17/h1-9,21H,10-16H2/p+1/t21-/m1/s1. The number of quaternary nitrogens is 1. The number of thioether (sulfide) groups is 1. The molecular formula is C21H25FN3OS+. The fourth-order valence-electron chi connectivity index (χ4n) is 3.87. The minimum absolute atomic E-state index is 0.136. The molecule has 0 aromatic heterocycles. The van der Waals surface area contributed by atoms with Gasteiger partial charge in [0.2, 0.25) is 0 Å². The molecule has 2 saturated heterocycles. The van der Waals surface area contributed by atoms with E-state index in [0.717, 1.165) is 31.9 Å². The number of carbonyl (C=O) groups excluding carboxylic acids is 1. The van der Waals surface area contributed by atoms with Crippen LogP contribution in [0.25, 0.3) is 0 Å². The van der Waals surface area contributed by atoms with Gasteiger partial charge in [-0.3, -0.25) is 4.79 Å². The first-order valence-corrected chi connectivity index (χ1v) is 10.6. The van der Waals surface area contributed by atoms with Crippen molar-refractivity contribution in [2.75, 3.05) is 49.9 Å². The Bertz CT molecular complexity index is 780. The Hall–Kier alpha value is -2.05. The van der Waals surface area contributed by atoms with Crippen LogP contribution in [0.1, 0.15) is 10.9 Å². The maximum atomic E-state index is 14.2. The van der Waals surface area contributed by atoms with Gasteiger partial charge >= 0.3 is 0 Å². The number of para-hydroxylation sites is 1. The predicted octanol–water partition coefficient (Wildman–Crippen LogP) is 1.80. The molecular weight excluding hydrogens is 361 g/mol. The molecule has 2 fully saturated rings. The number of rotatable bonds is 4. The molecule has 142 valence electrons. The van der Waals surface area contributed by atoms with Gasteiger partial charge in [0.1, 0.15) is 11.2 Å². The third-order valence-corrected chi connectivity index (χ3v) is 6.62. The summed E-state index contributed by atoms with van der Waals surface area (Å²) in [5.74, 6) is 0.775. The Morgan fingerprint density at radius 3 is 2.48 bits per heavy atom. The van der Waals surface area contributed by atoms with E-state index in [1.54, 1.807) is 23.9 Å². The zero-order chi connectivity index (χ0) is 18.6. The van der Waals surface area contributed by atoms with E-state index in [4.69, 9.17) is 0 Å². The summed E-state index contributed by atoms with van der Waals surface area (Å²) in [4.78, 5) is 18.5. The van der Waals surface area contributed by atoms with Crippen molar-refractivity contribution in [3.63, 3.8) is 0 Å². The van der Waals surface area contributed by atoms with E-state index in [1.807, 2.05) is 17.0 Å². The number of carbonyl (C=O) groups is 1. The highest BCUT2D eigenvalue weighted by atomic mass is 32.2. The normalized spacial score (nSPS) is 20.9. The maximum Gasteiger partial charge on any atom is 0.278 e. The second-order valence-electron chi connectivity index (χ2n) is 7.08. The maximum absolute atomic E-state index is 14.2. The molecule has 27 heavy (non-hydrogen) atoms. The SMILES string of the molecule is O=C(C[NH+]1CCN(c2ccccc2)CC1)N1CCS[C@@H]1c1ccccc1F. The minimum Gasteiger partial charge on any atom is -0.360 e. The molecule has 2 aliphatic heterocycles. The fraction of sp³-hybridized carbons (Fsp3) is 0.381. The molecule has 1 N–H and O–H groups in total. The number of benzene rings is 2. The van der Waals surface area contributed by atoms with Crippen molar-refractivity contribution >= 4 is 23.4 Å². The Balaban J connectivity index is 1.35. The second kappa shape index (κ2) is 8.31. The van der Waals surface area contributed by atoms with Crippen LogP contribution >= 0.6 is 11.8 Å². The summed E-state index contributed by atoms with van der Waals surface area (Å²) in [6.45, 7) is 5.01. The summed E-state index contributed by atoms with van der Waals surface area (Å²) in [7, 11) is 0. The van der Waals surface area contributed by atoms with Crippen LogP contribution in [0.15, 0.2) is 54.6 Å². The average molecular weight is 387 g/mol. The molecule has 2 aromatic carbocycles. The number of piperazine rings is 1. The van der Waals surface area contributed by atoms with Gasteiger partial charge in [-0.1, -0.05) is 36.4 Å². The van der Waals surface area contributed by atoms with Crippen LogP contribution in [0, 0.1) is 5.82 Å². The molecule has 0 spiro atoms. The van der Waals surface area contributed by atoms with Gasteiger partial charge in [-0.15, -0.1) is 11.8 Å². The molecule has 4 nitrogen and oxygen atoms in total. The van der Waals surface area contributed by atoms with Gasteiger partial charge in [0, 0.05) is 23.5 Å². The van der Waals surface area contributed by atoms with Crippen LogP contribution in [-0.4, -0.2) is 55.8 Å². The van der Waals surface area contributed by atoms with Crippen molar-refractivity contribution in [3.8, 4) is 0 Å². The lowest BCUT2D eigenvalue weighted by Crippen LogP contribution is -3.15. The first-order valence-electron chi connectivity index (χ1n) is 9.51. The van der Waals surface area contributed by atoms with Crippen LogP contribution in [0.3, 0.4) is 0 Å². The van der Waals surface area contributed by atoms with Crippen LogP contribution in [0.2, 0.25) is 0 Å². The van der Waals surface area contributed by atoms with Gasteiger partial charge < -0.3 is 14.7 Å². The fourth-order valence-corrected chi connectivity index (χ4v) is 5.17. The molecule has 0 bridgehead atoms. The monoisotopic (exact) mass is 386 g/mol. The number of anilines is 1. The van der Waals surface area contributed by atoms with Gasteiger partial charge in [0.25, 0.3) is 5.91 Å². The topological polar surface area (TPSA) is 28.0 Å². The summed E-state index contributed by atoms with van der Waals surface area (Å²) in [5.41, 5.74) is 1.87. The third-order valence-electron chi connectivity index (χ3n) is 5.38. The van der Waals surface area contributed by atoms with Gasteiger partial charge in [-0.2, -0.15) is 0 Å². The molecule has 0 saturated carbocycles. The zero-order valence-corrected chi connectivity index (χ0v) is 16.1. The number of halogens is 1. The number of amides is 1. The molecule has 0 unspecified atom stereocenters. The van der Waals surface area contributed by atoms with Gasteiger partial charge in [-0.25, -0.2) is 4.39 Å². The summed E-state index contributed by atoms with van der Waals surface area (Å²) in [5, 5.41) is -0.191. The van der Waals surface area contributed by atoms with E-state index in [1.165, 1.54) is 16.7 Å². The van der Waals surface area contributed by atoms with Crippen LogP contribution in [-0.2, 0) is 4.79 Å². The van der Waals surface area contributed by atoms with Gasteiger partial charge in [0.05, 0.1) is 26.2 Å². The van der Waals surface area contributed by atoms with E-state index in [0.29, 0.717) is 18.7 Å². The zero-order valence-electron chi connectivity index (χ0n) is 15.3. The average Bonchev–Trinajstić information content (AvgIpc) is 3.19. The first-order chi connectivity index (χ1) is 13.2. The highest BCUT2D eigenvalue weighted by molar-refractivity contribution is 7.99. The molecule has 6 heteroatoms. The van der Waals surface area contributed by atoms with E-state index >= 15 is 0 Å². The van der Waals surface area contributed by atoms with Crippen molar-refractivity contribution in [3.05, 3.63) is 66.0 Å². The minimum atomic E-state index is -0.224. The summed E-state index contributed by atoms with van der Waals surface area (Å²) >= 11 is 1.65. The van der Waals surface area contributed by atoms with Crippen LogP contribution in [0.4, 0.5) is 10.1 Å². The van der Waals surface area contributed by atoms with Crippen molar-refractivity contribution < 1.29 is 14.1 Å². The molecule has 2 aliphatic rings. The molecule has 4 rings (SSSR count). The number of hydrogen-bond acceptors (Lipinski definition) is 3. The Morgan fingerprint density at radius 1 is 1.04 bits per heavy atom. The van der Waals surface area contributed by atoms with Crippen molar-refractivity contribution in [2.24, 2.45) is 0 Å². The molecule has 0 aliphatic carbocycles. The summed E-state index contributed by atoms with van der Waals surface area (Å²) in [6, 6.07) is 17.2. The Labute approximate surface area is 163 Å². The van der Waals surface area contributed by atoms with Crippen molar-refractivity contribution in [2.45, 2.75) is 5.37 Å². The lowest BCUT2D eigenvalue weighted by atomic mass is 10.2. The van der Waals surface area contributed by atoms with Crippen LogP contribution in [0.5, 0.6) is 0 Å². The smallest absolute Gasteiger partial charge is 0.278 e. The molecule has 1 atom stereocenters. The quantitative estimate of drug-likeness (QED) is 0.869. The van der Waals surface area contributed by atoms with E-state index < -0.39 is 0 Å². The third kappa shape index (κ3) is 4.12. The highest BCUT2D eigenvalue weighted by Crippen LogP contribution is 2.38. The lowest BCUT2D eigenvalue weighted by molar-refractivity contribution is -0.892. The highest BCUT2D eigenvalue weighted by Gasteiger charge is 2.34. The summed E-state index contributed by atoms with van der Waals surface area (Å²) in [6.07, 6.45) is 0. The Morgan fingerprint density at radius 2 is 1.74 bits per heavy atom. The van der Waals surface area contributed by atoms with E-state index in [2.05, 4.69) is 29.2 Å². The molecule has 2 aromatic rings. The predicted molar refractivity (Wildman–Crippen MR) is 108 cm³/mol. The second-order valence-corrected chi connectivity index (χ2v) is 8.27. The molecule has 2 heterocycles. The number of nitrogens with one attached hydrogen (secondary N) is 1. The number of hydrogen-bond donors (Lipinski definition) is 1. The van der Waals surface area contributed by atoms with Crippen LogP contribution < -0.4 is 9.80 Å². The Kier molecular flexibility index (Phi) is 5.64. The number of nitrogens with zero attached hydrogens (tertiary/aromatic N) is 2. The van der Waals surface area contributed by atoms with E-state index in [-0.39, 0.29) is 17.1 Å². The molecule has 0 radical (unpaired) electrons. The van der Waals surface area contributed by atoms with Crippen molar-refractivity contribution in [1.82, 2.24) is 4.90 Å². The van der Waals surface area contributed by atoms with Crippen molar-refractivity contribution in [1.29, 1.82) is 0 Å². The lowest BCUT2D eigenvalue weighted by Gasteiger charge is -2.34. The first kappa shape index (κ1) is 18.3. The van der Waals surface area contributed by atoms with Gasteiger partial charge in [-0.05, 0) is 18.2 Å². The van der Waals surface area contributed by atoms with E-state index in [9.17, 15) is 9.18 Å². The summed E-state index contributed by atoms with van der Waals surface area (Å²) < 4.78 is 14.2. The largest absolute Gasteiger partial charge is 0.360 e. The van der Waals surface area contributed by atoms with Gasteiger partial charge in [0.15, 0.2) is 6.54 Å². The molecule has 1 amide bonds.